The Labute approximate surface area is 124 Å². The lowest BCUT2D eigenvalue weighted by Crippen LogP contribution is -2.29. The minimum absolute atomic E-state index is 0.0284. The lowest BCUT2D eigenvalue weighted by Gasteiger charge is -2.28. The topological polar surface area (TPSA) is 68.1 Å². The number of anilines is 1. The van der Waals surface area contributed by atoms with E-state index in [4.69, 9.17) is 0 Å². The molecule has 1 aliphatic rings. The summed E-state index contributed by atoms with van der Waals surface area (Å²) in [6.07, 6.45) is 8.18. The maximum Gasteiger partial charge on any atom is 0.312 e. The van der Waals surface area contributed by atoms with Crippen molar-refractivity contribution in [1.82, 2.24) is 4.98 Å². The summed E-state index contributed by atoms with van der Waals surface area (Å²) in [7, 11) is 0. The molecule has 0 aliphatic heterocycles. The fourth-order valence-electron chi connectivity index (χ4n) is 2.36. The number of nitrogens with zero attached hydrogens (tertiary/aromatic N) is 2. The number of rotatable bonds is 4. The molecule has 2 unspecified atom stereocenters. The third-order valence-corrected chi connectivity index (χ3v) is 4.86. The second kappa shape index (κ2) is 6.56. The second-order valence-electron chi connectivity index (χ2n) is 4.64. The van der Waals surface area contributed by atoms with E-state index in [0.29, 0.717) is 15.5 Å². The highest BCUT2D eigenvalue weighted by molar-refractivity contribution is 9.10. The van der Waals surface area contributed by atoms with Crippen molar-refractivity contribution >= 4 is 39.2 Å². The number of aromatic nitrogens is 1. The third-order valence-electron chi connectivity index (χ3n) is 3.33. The number of nitrogens with one attached hydrogen (secondary N) is 1. The molecule has 1 aliphatic carbocycles. The lowest BCUT2D eigenvalue weighted by atomic mass is 9.95. The summed E-state index contributed by atoms with van der Waals surface area (Å²) in [5.41, 5.74) is 0.0284. The van der Waals surface area contributed by atoms with E-state index in [1.54, 1.807) is 6.20 Å². The van der Waals surface area contributed by atoms with Gasteiger partial charge in [0.25, 0.3) is 0 Å². The zero-order valence-corrected chi connectivity index (χ0v) is 13.0. The quantitative estimate of drug-likeness (QED) is 0.663. The first kappa shape index (κ1) is 14.6. The van der Waals surface area contributed by atoms with Crippen LogP contribution in [0.5, 0.6) is 0 Å². The van der Waals surface area contributed by atoms with E-state index < -0.39 is 4.92 Å². The molecule has 1 heterocycles. The van der Waals surface area contributed by atoms with Gasteiger partial charge in [-0.2, -0.15) is 11.8 Å². The molecule has 1 N–H and O–H groups in total. The van der Waals surface area contributed by atoms with E-state index in [1.807, 2.05) is 11.8 Å². The summed E-state index contributed by atoms with van der Waals surface area (Å²) in [5.74, 6) is 0.375. The van der Waals surface area contributed by atoms with E-state index in [0.717, 1.165) is 19.3 Å². The Hall–Kier alpha value is -0.820. The molecule has 0 saturated heterocycles. The molecule has 1 saturated carbocycles. The van der Waals surface area contributed by atoms with Crippen molar-refractivity contribution in [2.75, 3.05) is 11.6 Å². The van der Waals surface area contributed by atoms with Gasteiger partial charge in [-0.05, 0) is 41.4 Å². The summed E-state index contributed by atoms with van der Waals surface area (Å²) in [6.45, 7) is 0. The molecule has 5 nitrogen and oxygen atoms in total. The Morgan fingerprint density at radius 2 is 2.37 bits per heavy atom. The molecule has 1 fully saturated rings. The molecule has 7 heteroatoms. The number of halogens is 1. The van der Waals surface area contributed by atoms with Gasteiger partial charge in [0.2, 0.25) is 5.82 Å². The van der Waals surface area contributed by atoms with Crippen LogP contribution in [0.15, 0.2) is 16.7 Å². The van der Waals surface area contributed by atoms with Crippen molar-refractivity contribution in [3.8, 4) is 0 Å². The molecule has 1 aromatic heterocycles. The molecule has 0 bridgehead atoms. The molecule has 0 aromatic carbocycles. The molecular weight excluding hydrogens is 330 g/mol. The van der Waals surface area contributed by atoms with E-state index in [2.05, 4.69) is 32.5 Å². The largest absolute Gasteiger partial charge is 0.362 e. The number of hydrogen-bond acceptors (Lipinski definition) is 5. The molecular formula is C12H16BrN3O2S. The minimum Gasteiger partial charge on any atom is -0.362 e. The van der Waals surface area contributed by atoms with Crippen LogP contribution >= 0.6 is 27.7 Å². The molecule has 0 amide bonds. The van der Waals surface area contributed by atoms with Crippen molar-refractivity contribution in [3.05, 3.63) is 26.9 Å². The zero-order valence-electron chi connectivity index (χ0n) is 10.6. The molecule has 1 aromatic rings. The number of hydrogen-bond donors (Lipinski definition) is 1. The number of nitro groups is 1. The van der Waals surface area contributed by atoms with Crippen LogP contribution < -0.4 is 5.32 Å². The van der Waals surface area contributed by atoms with Crippen LogP contribution in [0.25, 0.3) is 0 Å². The van der Waals surface area contributed by atoms with Crippen LogP contribution in [-0.4, -0.2) is 27.5 Å². The van der Waals surface area contributed by atoms with Gasteiger partial charge in [-0.15, -0.1) is 0 Å². The molecule has 0 spiro atoms. The normalized spacial score (nSPS) is 23.1. The Morgan fingerprint density at radius 1 is 1.58 bits per heavy atom. The van der Waals surface area contributed by atoms with Gasteiger partial charge < -0.3 is 5.32 Å². The van der Waals surface area contributed by atoms with Crippen LogP contribution in [0, 0.1) is 10.1 Å². The van der Waals surface area contributed by atoms with Gasteiger partial charge in [0.05, 0.1) is 4.92 Å². The maximum absolute atomic E-state index is 11.0. The predicted molar refractivity (Wildman–Crippen MR) is 81.8 cm³/mol. The van der Waals surface area contributed by atoms with E-state index in [9.17, 15) is 10.1 Å². The standard InChI is InChI=1S/C12H16BrN3O2S/c1-19-10-4-2-3-9(6-10)15-12-11(16(17)18)5-8(13)7-14-12/h5,7,9-10H,2-4,6H2,1H3,(H,14,15). The van der Waals surface area contributed by atoms with Crippen molar-refractivity contribution in [1.29, 1.82) is 0 Å². The predicted octanol–water partition coefficient (Wildman–Crippen LogP) is 3.84. The first-order valence-corrected chi connectivity index (χ1v) is 8.27. The van der Waals surface area contributed by atoms with Gasteiger partial charge >= 0.3 is 5.69 Å². The summed E-state index contributed by atoms with van der Waals surface area (Å²) in [4.78, 5) is 14.8. The van der Waals surface area contributed by atoms with Crippen molar-refractivity contribution in [2.24, 2.45) is 0 Å². The van der Waals surface area contributed by atoms with E-state index in [1.165, 1.54) is 12.5 Å². The van der Waals surface area contributed by atoms with Crippen molar-refractivity contribution < 1.29 is 4.92 Å². The Bertz CT molecular complexity index is 472. The highest BCUT2D eigenvalue weighted by atomic mass is 79.9. The monoisotopic (exact) mass is 345 g/mol. The first-order valence-electron chi connectivity index (χ1n) is 6.19. The van der Waals surface area contributed by atoms with Crippen LogP contribution in [-0.2, 0) is 0 Å². The second-order valence-corrected chi connectivity index (χ2v) is 6.70. The van der Waals surface area contributed by atoms with Crippen molar-refractivity contribution in [3.63, 3.8) is 0 Å². The van der Waals surface area contributed by atoms with Gasteiger partial charge in [0, 0.05) is 28.0 Å². The van der Waals surface area contributed by atoms with Crippen molar-refractivity contribution in [2.45, 2.75) is 37.0 Å². The fraction of sp³-hybridized carbons (Fsp3) is 0.583. The fourth-order valence-corrected chi connectivity index (χ4v) is 3.51. The number of thioether (sulfide) groups is 1. The summed E-state index contributed by atoms with van der Waals surface area (Å²) in [5, 5.41) is 14.9. The smallest absolute Gasteiger partial charge is 0.312 e. The van der Waals surface area contributed by atoms with Crippen LogP contribution in [0.4, 0.5) is 11.5 Å². The summed E-state index contributed by atoms with van der Waals surface area (Å²) in [6, 6.07) is 1.77. The van der Waals surface area contributed by atoms with E-state index >= 15 is 0 Å². The summed E-state index contributed by atoms with van der Waals surface area (Å²) < 4.78 is 0.621. The highest BCUT2D eigenvalue weighted by Crippen LogP contribution is 2.31. The highest BCUT2D eigenvalue weighted by Gasteiger charge is 2.24. The van der Waals surface area contributed by atoms with Gasteiger partial charge in [-0.1, -0.05) is 6.42 Å². The van der Waals surface area contributed by atoms with Gasteiger partial charge in [0.15, 0.2) is 0 Å². The molecule has 19 heavy (non-hydrogen) atoms. The van der Waals surface area contributed by atoms with Crippen LogP contribution in [0.3, 0.4) is 0 Å². The maximum atomic E-state index is 11.0. The van der Waals surface area contributed by atoms with Gasteiger partial charge in [-0.3, -0.25) is 10.1 Å². The Kier molecular flexibility index (Phi) is 5.04. The average molecular weight is 346 g/mol. The molecule has 2 rings (SSSR count). The van der Waals surface area contributed by atoms with Gasteiger partial charge in [0.1, 0.15) is 0 Å². The zero-order chi connectivity index (χ0) is 13.8. The third kappa shape index (κ3) is 3.82. The summed E-state index contributed by atoms with van der Waals surface area (Å²) >= 11 is 5.08. The van der Waals surface area contributed by atoms with Crippen LogP contribution in [0.1, 0.15) is 25.7 Å². The lowest BCUT2D eigenvalue weighted by molar-refractivity contribution is -0.384. The minimum atomic E-state index is -0.394. The number of pyridine rings is 1. The average Bonchev–Trinajstić information content (AvgIpc) is 2.41. The SMILES string of the molecule is CSC1CCCC(Nc2ncc(Br)cc2[N+](=O)[O-])C1. The molecule has 0 radical (unpaired) electrons. The van der Waals surface area contributed by atoms with E-state index in [-0.39, 0.29) is 11.7 Å². The Morgan fingerprint density at radius 3 is 3.05 bits per heavy atom. The van der Waals surface area contributed by atoms with Gasteiger partial charge in [-0.25, -0.2) is 4.98 Å². The Balaban J connectivity index is 2.12. The van der Waals surface area contributed by atoms with Crippen LogP contribution in [0.2, 0.25) is 0 Å². The molecule has 2 atom stereocenters. The molecule has 104 valence electrons. The first-order chi connectivity index (χ1) is 9.10.